The number of hydrogen-bond acceptors (Lipinski definition) is 5. The highest BCUT2D eigenvalue weighted by molar-refractivity contribution is 5.81. The minimum absolute atomic E-state index is 0. The van der Waals surface area contributed by atoms with Crippen LogP contribution in [0.5, 0.6) is 0 Å². The smallest absolute Gasteiger partial charge is 0.199 e. The third-order valence-electron chi connectivity index (χ3n) is 3.92. The van der Waals surface area contributed by atoms with E-state index in [4.69, 9.17) is 0 Å². The fourth-order valence-corrected chi connectivity index (χ4v) is 2.31. The summed E-state index contributed by atoms with van der Waals surface area (Å²) < 4.78 is 0. The molecule has 0 radical (unpaired) electrons. The van der Waals surface area contributed by atoms with Gasteiger partial charge in [0, 0.05) is 71.6 Å². The summed E-state index contributed by atoms with van der Waals surface area (Å²) in [5.41, 5.74) is 1.16. The fraction of sp³-hybridized carbons (Fsp3) is 0.524. The summed E-state index contributed by atoms with van der Waals surface area (Å²) in [6, 6.07) is 5.96. The summed E-state index contributed by atoms with van der Waals surface area (Å²) in [5.74, 6) is 2.65. The summed E-state index contributed by atoms with van der Waals surface area (Å²) in [7, 11) is 5.36. The second-order valence-electron chi connectivity index (χ2n) is 6.07. The minimum atomic E-state index is 0. The molecule has 2 fully saturated rings. The van der Waals surface area contributed by atoms with Crippen molar-refractivity contribution in [3.63, 3.8) is 0 Å². The first-order chi connectivity index (χ1) is 14.7. The monoisotopic (exact) mass is 432 g/mol. The van der Waals surface area contributed by atoms with Crippen LogP contribution < -0.4 is 26.6 Å². The zero-order valence-electron chi connectivity index (χ0n) is 18.5. The van der Waals surface area contributed by atoms with E-state index in [-0.39, 0.29) is 7.43 Å². The van der Waals surface area contributed by atoms with Gasteiger partial charge in [-0.15, -0.1) is 0 Å². The molecule has 0 atom stereocenters. The molecule has 0 aromatic carbocycles. The van der Waals surface area contributed by atoms with Crippen molar-refractivity contribution in [2.24, 2.45) is 9.98 Å². The molecule has 4 rings (SSSR count). The van der Waals surface area contributed by atoms with E-state index in [2.05, 4.69) is 58.4 Å². The normalized spacial score (nSPS) is 13.3. The van der Waals surface area contributed by atoms with Gasteiger partial charge in [0.25, 0.3) is 0 Å². The summed E-state index contributed by atoms with van der Waals surface area (Å²) in [4.78, 5) is 18.7. The highest BCUT2D eigenvalue weighted by Crippen LogP contribution is 1.91. The molecule has 2 aromatic heterocycles. The molecule has 0 amide bonds. The number of anilines is 1. The van der Waals surface area contributed by atoms with Crippen molar-refractivity contribution in [2.75, 3.05) is 52.6 Å². The van der Waals surface area contributed by atoms with Gasteiger partial charge in [0.1, 0.15) is 0 Å². The van der Waals surface area contributed by atoms with Gasteiger partial charge in [-0.25, -0.2) is 4.98 Å². The van der Waals surface area contributed by atoms with Gasteiger partial charge >= 0.3 is 0 Å². The molecule has 10 nitrogen and oxygen atoms in total. The number of nitrogens with zero attached hydrogens (tertiary/aromatic N) is 4. The first kappa shape index (κ1) is 27.7. The van der Waals surface area contributed by atoms with E-state index in [0.717, 1.165) is 56.2 Å². The maximum Gasteiger partial charge on any atom is 0.199 e. The average molecular weight is 433 g/mol. The lowest BCUT2D eigenvalue weighted by molar-refractivity contribution is 0.667. The Kier molecular flexibility index (Phi) is 16.7. The van der Waals surface area contributed by atoms with Gasteiger partial charge in [0.05, 0.1) is 0 Å². The van der Waals surface area contributed by atoms with E-state index in [0.29, 0.717) is 0 Å². The number of H-pyrrole nitrogens is 1. The van der Waals surface area contributed by atoms with Crippen LogP contribution >= 0.6 is 0 Å². The number of hydrogen-bond donors (Lipinski definition) is 6. The molecule has 0 spiro atoms. The maximum atomic E-state index is 4.10. The molecular formula is C21H40N10. The number of rotatable bonds is 2. The molecule has 2 aromatic rings. The van der Waals surface area contributed by atoms with Crippen LogP contribution in [0.3, 0.4) is 0 Å². The molecular weight excluding hydrogens is 392 g/mol. The van der Waals surface area contributed by atoms with Crippen LogP contribution in [0.25, 0.3) is 0 Å². The Labute approximate surface area is 186 Å². The van der Waals surface area contributed by atoms with Crippen LogP contribution in [0.15, 0.2) is 46.8 Å². The summed E-state index contributed by atoms with van der Waals surface area (Å²) in [6.45, 7) is 6.22. The topological polar surface area (TPSA) is 126 Å². The highest BCUT2D eigenvalue weighted by atomic mass is 15.2. The Morgan fingerprint density at radius 3 is 1.84 bits per heavy atom. The summed E-state index contributed by atoms with van der Waals surface area (Å²) in [5, 5.41) is 15.1. The molecule has 0 bridgehead atoms. The number of aryl methyl sites for hydroxylation is 1. The molecule has 6 N–H and O–H groups in total. The van der Waals surface area contributed by atoms with Crippen LogP contribution in [0, 0.1) is 0 Å². The van der Waals surface area contributed by atoms with Gasteiger partial charge in [0.15, 0.2) is 17.9 Å². The number of imidazole rings is 1. The molecule has 0 unspecified atom stereocenters. The number of aromatic amines is 1. The number of nitrogens with one attached hydrogen (secondary N) is 6. The van der Waals surface area contributed by atoms with Crippen molar-refractivity contribution < 1.29 is 0 Å². The fourth-order valence-electron chi connectivity index (χ4n) is 2.31. The Balaban J connectivity index is 0.000000384. The van der Waals surface area contributed by atoms with E-state index in [1.165, 1.54) is 6.42 Å². The molecule has 174 valence electrons. The van der Waals surface area contributed by atoms with Crippen LogP contribution in [0.2, 0.25) is 0 Å². The quantitative estimate of drug-likeness (QED) is 0.424. The van der Waals surface area contributed by atoms with Gasteiger partial charge in [-0.3, -0.25) is 15.0 Å². The van der Waals surface area contributed by atoms with Crippen LogP contribution in [-0.2, 0) is 6.42 Å². The molecule has 0 saturated carbocycles. The highest BCUT2D eigenvalue weighted by Gasteiger charge is 2.01. The van der Waals surface area contributed by atoms with E-state index < -0.39 is 0 Å². The minimum Gasteiger partial charge on any atom is -0.359 e. The van der Waals surface area contributed by atoms with E-state index in [9.17, 15) is 0 Å². The van der Waals surface area contributed by atoms with E-state index >= 15 is 0 Å². The summed E-state index contributed by atoms with van der Waals surface area (Å²) in [6.07, 6.45) is 7.51. The number of aromatic nitrogens is 3. The van der Waals surface area contributed by atoms with Crippen molar-refractivity contribution >= 4 is 17.9 Å². The van der Waals surface area contributed by atoms with Crippen LogP contribution in [0.1, 0.15) is 26.5 Å². The van der Waals surface area contributed by atoms with Crippen molar-refractivity contribution in [3.8, 4) is 0 Å². The third kappa shape index (κ3) is 13.5. The van der Waals surface area contributed by atoms with Crippen LogP contribution in [-0.4, -0.2) is 74.2 Å². The number of aliphatic imine (C=N–C) groups is 2. The molecule has 2 saturated heterocycles. The van der Waals surface area contributed by atoms with Gasteiger partial charge in [0.2, 0.25) is 0 Å². The summed E-state index contributed by atoms with van der Waals surface area (Å²) >= 11 is 0. The van der Waals surface area contributed by atoms with Crippen molar-refractivity contribution in [3.05, 3.63) is 42.5 Å². The molecule has 10 heteroatoms. The zero-order valence-corrected chi connectivity index (χ0v) is 18.5. The standard InChI is InChI=1S/C7H9N.C5H11N3.C4H9N3.C4H7N3.CH4/c1-2-7-5-3-4-6-8-7;1-6-5-7-3-2-4-8-5;2*1-5-4-6-2-3-7-4;/h3-6H,2H2,1H3;2-4H2,1H3,(H2,6,7,8);2-3H2,1H3,(H2,5,6,7);2-3H,1H3,(H2,5,6,7);1H4. The largest absolute Gasteiger partial charge is 0.359 e. The Hall–Kier alpha value is -3.30. The first-order valence-electron chi connectivity index (χ1n) is 10.2. The molecule has 2 aliphatic heterocycles. The van der Waals surface area contributed by atoms with E-state index in [1.807, 2.05) is 31.4 Å². The van der Waals surface area contributed by atoms with Gasteiger partial charge in [-0.2, -0.15) is 0 Å². The first-order valence-corrected chi connectivity index (χ1v) is 10.2. The zero-order chi connectivity index (χ0) is 21.9. The molecule has 0 aliphatic carbocycles. The predicted octanol–water partition coefficient (Wildman–Crippen LogP) is 1.45. The predicted molar refractivity (Wildman–Crippen MR) is 132 cm³/mol. The van der Waals surface area contributed by atoms with Gasteiger partial charge < -0.3 is 31.6 Å². The lowest BCUT2D eigenvalue weighted by Crippen LogP contribution is -2.43. The van der Waals surface area contributed by atoms with Crippen molar-refractivity contribution in [2.45, 2.75) is 27.2 Å². The maximum absolute atomic E-state index is 4.10. The van der Waals surface area contributed by atoms with Gasteiger partial charge in [-0.1, -0.05) is 20.4 Å². The second kappa shape index (κ2) is 18.7. The second-order valence-corrected chi connectivity index (χ2v) is 6.07. The molecule has 2 aliphatic rings. The van der Waals surface area contributed by atoms with Crippen molar-refractivity contribution in [1.29, 1.82) is 0 Å². The SMILES string of the molecule is C.CCc1ccccn1.CN=C1NCCCN1.CN=C1NCCN1.CNc1ncc[nH]1. The lowest BCUT2D eigenvalue weighted by Gasteiger charge is -2.16. The van der Waals surface area contributed by atoms with Crippen molar-refractivity contribution in [1.82, 2.24) is 36.2 Å². The molecule has 31 heavy (non-hydrogen) atoms. The van der Waals surface area contributed by atoms with Gasteiger partial charge in [-0.05, 0) is 25.0 Å². The Bertz CT molecular complexity index is 682. The van der Waals surface area contributed by atoms with E-state index in [1.54, 1.807) is 26.5 Å². The third-order valence-corrected chi connectivity index (χ3v) is 3.92. The van der Waals surface area contributed by atoms with Crippen LogP contribution in [0.4, 0.5) is 5.95 Å². The number of guanidine groups is 2. The lowest BCUT2D eigenvalue weighted by atomic mass is 10.3. The Morgan fingerprint density at radius 1 is 0.903 bits per heavy atom. The molecule has 4 heterocycles. The average Bonchev–Trinajstić information content (AvgIpc) is 3.55. The Morgan fingerprint density at radius 2 is 1.52 bits per heavy atom. The number of pyridine rings is 1.